The molecule has 0 spiro atoms. The third kappa shape index (κ3) is 3.33. The summed E-state index contributed by atoms with van der Waals surface area (Å²) in [4.78, 5) is 49.5. The van der Waals surface area contributed by atoms with Gasteiger partial charge < -0.3 is 5.32 Å². The fourth-order valence-corrected chi connectivity index (χ4v) is 3.50. The van der Waals surface area contributed by atoms with Gasteiger partial charge in [0.25, 0.3) is 23.4 Å². The van der Waals surface area contributed by atoms with E-state index in [1.54, 1.807) is 6.07 Å². The van der Waals surface area contributed by atoms with Gasteiger partial charge in [0.05, 0.1) is 16.2 Å². The molecule has 0 saturated carbocycles. The number of amides is 3. The molecule has 0 unspecified atom stereocenters. The van der Waals surface area contributed by atoms with Gasteiger partial charge in [0.2, 0.25) is 0 Å². The molecule has 4 rings (SSSR count). The average Bonchev–Trinajstić information content (AvgIpc) is 3.01. The van der Waals surface area contributed by atoms with E-state index < -0.39 is 22.4 Å². The van der Waals surface area contributed by atoms with E-state index in [4.69, 9.17) is 0 Å². The molecule has 0 bridgehead atoms. The molecular weight excluding hydrogens is 398 g/mol. The Hall–Kier alpha value is -4.33. The monoisotopic (exact) mass is 415 g/mol. The maximum atomic E-state index is 12.8. The summed E-state index contributed by atoms with van der Waals surface area (Å²) >= 11 is 0. The molecule has 0 atom stereocenters. The lowest BCUT2D eigenvalue weighted by molar-refractivity contribution is -0.385. The summed E-state index contributed by atoms with van der Waals surface area (Å²) in [6.45, 7) is 3.86. The minimum Gasteiger partial charge on any atom is -0.322 e. The van der Waals surface area contributed by atoms with E-state index in [0.717, 1.165) is 16.0 Å². The Labute approximate surface area is 177 Å². The number of imide groups is 1. The predicted molar refractivity (Wildman–Crippen MR) is 115 cm³/mol. The zero-order valence-electron chi connectivity index (χ0n) is 16.7. The van der Waals surface area contributed by atoms with E-state index >= 15 is 0 Å². The molecule has 31 heavy (non-hydrogen) atoms. The van der Waals surface area contributed by atoms with Gasteiger partial charge >= 0.3 is 0 Å². The molecule has 1 aliphatic heterocycles. The SMILES string of the molecule is Cc1cccc(NC(=O)c2ccc(N3C(=O)c4cccc([N+](=O)[O-])c4C3=O)cc2)c1C. The van der Waals surface area contributed by atoms with E-state index in [-0.39, 0.29) is 22.7 Å². The Kier molecular flexibility index (Phi) is 4.82. The van der Waals surface area contributed by atoms with Gasteiger partial charge in [-0.2, -0.15) is 0 Å². The van der Waals surface area contributed by atoms with Crippen LogP contribution in [0.15, 0.2) is 60.7 Å². The number of nitrogens with zero attached hydrogens (tertiary/aromatic N) is 2. The van der Waals surface area contributed by atoms with Crippen molar-refractivity contribution in [2.75, 3.05) is 10.2 Å². The normalized spacial score (nSPS) is 12.6. The van der Waals surface area contributed by atoms with Gasteiger partial charge in [-0.15, -0.1) is 0 Å². The molecule has 0 radical (unpaired) electrons. The minimum atomic E-state index is -0.764. The number of rotatable bonds is 4. The summed E-state index contributed by atoms with van der Waals surface area (Å²) in [7, 11) is 0. The molecule has 3 aromatic rings. The van der Waals surface area contributed by atoms with Gasteiger partial charge in [0.15, 0.2) is 0 Å². The fraction of sp³-hybridized carbons (Fsp3) is 0.0870. The predicted octanol–water partition coefficient (Wildman–Crippen LogP) is 4.26. The highest BCUT2D eigenvalue weighted by Gasteiger charge is 2.41. The van der Waals surface area contributed by atoms with Crippen LogP contribution >= 0.6 is 0 Å². The second kappa shape index (κ2) is 7.49. The fourth-order valence-electron chi connectivity index (χ4n) is 3.50. The van der Waals surface area contributed by atoms with E-state index in [1.807, 2.05) is 26.0 Å². The van der Waals surface area contributed by atoms with Crippen LogP contribution in [-0.4, -0.2) is 22.6 Å². The van der Waals surface area contributed by atoms with Gasteiger partial charge in [-0.1, -0.05) is 18.2 Å². The molecule has 0 aliphatic carbocycles. The van der Waals surface area contributed by atoms with Crippen molar-refractivity contribution in [3.8, 4) is 0 Å². The highest BCUT2D eigenvalue weighted by Crippen LogP contribution is 2.34. The van der Waals surface area contributed by atoms with Gasteiger partial charge in [-0.05, 0) is 61.4 Å². The topological polar surface area (TPSA) is 110 Å². The zero-order chi connectivity index (χ0) is 22.3. The molecular formula is C23H17N3O5. The summed E-state index contributed by atoms with van der Waals surface area (Å²) in [5.41, 5.74) is 2.61. The van der Waals surface area contributed by atoms with E-state index in [2.05, 4.69) is 5.32 Å². The molecule has 3 aromatic carbocycles. The van der Waals surface area contributed by atoms with Gasteiger partial charge in [0.1, 0.15) is 5.56 Å². The van der Waals surface area contributed by atoms with Crippen LogP contribution in [0.25, 0.3) is 0 Å². The van der Waals surface area contributed by atoms with Gasteiger partial charge in [-0.3, -0.25) is 24.5 Å². The molecule has 8 heteroatoms. The number of fused-ring (bicyclic) bond motifs is 1. The van der Waals surface area contributed by atoms with Crippen molar-refractivity contribution in [1.29, 1.82) is 0 Å². The number of aryl methyl sites for hydroxylation is 1. The first-order valence-electron chi connectivity index (χ1n) is 9.43. The lowest BCUT2D eigenvalue weighted by Crippen LogP contribution is -2.29. The zero-order valence-corrected chi connectivity index (χ0v) is 16.7. The number of benzene rings is 3. The van der Waals surface area contributed by atoms with Crippen molar-refractivity contribution >= 4 is 34.8 Å². The van der Waals surface area contributed by atoms with Crippen molar-refractivity contribution < 1.29 is 19.3 Å². The van der Waals surface area contributed by atoms with Crippen LogP contribution in [0.5, 0.6) is 0 Å². The first-order valence-corrected chi connectivity index (χ1v) is 9.43. The molecule has 3 amide bonds. The Balaban J connectivity index is 1.60. The number of hydrogen-bond donors (Lipinski definition) is 1. The molecule has 0 fully saturated rings. The lowest BCUT2D eigenvalue weighted by Gasteiger charge is -2.14. The summed E-state index contributed by atoms with van der Waals surface area (Å²) < 4.78 is 0. The quantitative estimate of drug-likeness (QED) is 0.389. The van der Waals surface area contributed by atoms with Crippen LogP contribution in [0, 0.1) is 24.0 Å². The van der Waals surface area contributed by atoms with Crippen molar-refractivity contribution in [1.82, 2.24) is 0 Å². The second-order valence-corrected chi connectivity index (χ2v) is 7.15. The smallest absolute Gasteiger partial charge is 0.283 e. The van der Waals surface area contributed by atoms with Crippen LogP contribution in [0.1, 0.15) is 42.2 Å². The van der Waals surface area contributed by atoms with E-state index in [0.29, 0.717) is 11.3 Å². The molecule has 1 heterocycles. The second-order valence-electron chi connectivity index (χ2n) is 7.15. The highest BCUT2D eigenvalue weighted by atomic mass is 16.6. The van der Waals surface area contributed by atoms with Gasteiger partial charge in [-0.25, -0.2) is 4.90 Å². The third-order valence-electron chi connectivity index (χ3n) is 5.33. The first-order chi connectivity index (χ1) is 14.8. The van der Waals surface area contributed by atoms with E-state index in [9.17, 15) is 24.5 Å². The molecule has 1 aliphatic rings. The highest BCUT2D eigenvalue weighted by molar-refractivity contribution is 6.35. The van der Waals surface area contributed by atoms with Crippen molar-refractivity contribution in [3.63, 3.8) is 0 Å². The van der Waals surface area contributed by atoms with Crippen LogP contribution in [0.2, 0.25) is 0 Å². The molecule has 154 valence electrons. The lowest BCUT2D eigenvalue weighted by atomic mass is 10.1. The largest absolute Gasteiger partial charge is 0.322 e. The van der Waals surface area contributed by atoms with Crippen molar-refractivity contribution in [3.05, 3.63) is 98.6 Å². The van der Waals surface area contributed by atoms with Gasteiger partial charge in [0, 0.05) is 17.3 Å². The number of nitro benzene ring substituents is 1. The third-order valence-corrected chi connectivity index (χ3v) is 5.33. The summed E-state index contributed by atoms with van der Waals surface area (Å²) in [5, 5.41) is 14.1. The standard InChI is InChI=1S/C23H17N3O5/c1-13-5-3-7-18(14(13)2)24-21(27)15-9-11-16(12-10-15)25-22(28)17-6-4-8-19(26(30)31)20(17)23(25)29/h3-12H,1-2H3,(H,24,27). The number of carbonyl (C=O) groups excluding carboxylic acids is 3. The van der Waals surface area contributed by atoms with Crippen molar-refractivity contribution in [2.24, 2.45) is 0 Å². The molecule has 1 N–H and O–H groups in total. The molecule has 0 saturated heterocycles. The summed E-state index contributed by atoms with van der Waals surface area (Å²) in [6, 6.07) is 15.5. The number of anilines is 2. The van der Waals surface area contributed by atoms with Crippen LogP contribution in [-0.2, 0) is 0 Å². The Morgan fingerprint density at radius 3 is 2.29 bits per heavy atom. The minimum absolute atomic E-state index is 0.0176. The van der Waals surface area contributed by atoms with Crippen LogP contribution in [0.3, 0.4) is 0 Å². The number of carbonyl (C=O) groups is 3. The Morgan fingerprint density at radius 2 is 1.61 bits per heavy atom. The average molecular weight is 415 g/mol. The van der Waals surface area contributed by atoms with Crippen LogP contribution < -0.4 is 10.2 Å². The Morgan fingerprint density at radius 1 is 0.935 bits per heavy atom. The maximum absolute atomic E-state index is 12.8. The van der Waals surface area contributed by atoms with Crippen molar-refractivity contribution in [2.45, 2.75) is 13.8 Å². The maximum Gasteiger partial charge on any atom is 0.283 e. The number of nitrogens with one attached hydrogen (secondary N) is 1. The summed E-state index contributed by atoms with van der Waals surface area (Å²) in [5.74, 6) is -1.74. The first kappa shape index (κ1) is 20.0. The summed E-state index contributed by atoms with van der Waals surface area (Å²) in [6.07, 6.45) is 0. The van der Waals surface area contributed by atoms with E-state index in [1.165, 1.54) is 42.5 Å². The molecule has 8 nitrogen and oxygen atoms in total. The van der Waals surface area contributed by atoms with Crippen LogP contribution in [0.4, 0.5) is 17.1 Å². The number of hydrogen-bond acceptors (Lipinski definition) is 5. The Bertz CT molecular complexity index is 1260. The number of nitro groups is 1. The molecule has 0 aromatic heterocycles.